The van der Waals surface area contributed by atoms with Gasteiger partial charge < -0.3 is 15.7 Å². The summed E-state index contributed by atoms with van der Waals surface area (Å²) in [5, 5.41) is 11.7. The minimum Gasteiger partial charge on any atom is -0.488 e. The molecule has 104 valence electrons. The predicted molar refractivity (Wildman–Crippen MR) is 79.2 cm³/mol. The van der Waals surface area contributed by atoms with Crippen LogP contribution in [0.25, 0.3) is 0 Å². The molecule has 0 amide bonds. The molecule has 0 unspecified atom stereocenters. The Hall–Kier alpha value is -2.49. The monoisotopic (exact) mass is 270 g/mol. The van der Waals surface area contributed by atoms with E-state index in [-0.39, 0.29) is 5.84 Å². The quantitative estimate of drug-likeness (QED) is 0.388. The number of ether oxygens (including phenoxy) is 1. The molecule has 0 aliphatic rings. The highest BCUT2D eigenvalue weighted by molar-refractivity contribution is 5.97. The molecule has 0 atom stereocenters. The normalized spacial score (nSPS) is 11.4. The van der Waals surface area contributed by atoms with Crippen molar-refractivity contribution < 1.29 is 9.94 Å². The van der Waals surface area contributed by atoms with Crippen molar-refractivity contribution >= 4 is 5.84 Å². The van der Waals surface area contributed by atoms with E-state index in [2.05, 4.69) is 5.16 Å². The van der Waals surface area contributed by atoms with E-state index in [1.54, 1.807) is 6.07 Å². The van der Waals surface area contributed by atoms with Crippen LogP contribution in [0.2, 0.25) is 0 Å². The summed E-state index contributed by atoms with van der Waals surface area (Å²) in [7, 11) is 0. The maximum atomic E-state index is 8.69. The number of para-hydroxylation sites is 1. The van der Waals surface area contributed by atoms with Crippen molar-refractivity contribution in [3.63, 3.8) is 0 Å². The van der Waals surface area contributed by atoms with Gasteiger partial charge in [-0.1, -0.05) is 41.6 Å². The largest absolute Gasteiger partial charge is 0.488 e. The molecule has 0 aliphatic heterocycles. The van der Waals surface area contributed by atoms with Gasteiger partial charge in [0, 0.05) is 5.56 Å². The second-order valence-corrected chi connectivity index (χ2v) is 4.70. The molecule has 2 aromatic carbocycles. The molecule has 4 heteroatoms. The molecule has 3 N–H and O–H groups in total. The zero-order chi connectivity index (χ0) is 14.5. The number of rotatable bonds is 4. The summed E-state index contributed by atoms with van der Waals surface area (Å²) in [6, 6.07) is 13.5. The van der Waals surface area contributed by atoms with E-state index in [1.807, 2.05) is 50.2 Å². The fraction of sp³-hybridized carbons (Fsp3) is 0.188. The van der Waals surface area contributed by atoms with Crippen molar-refractivity contribution in [1.82, 2.24) is 0 Å². The summed E-state index contributed by atoms with van der Waals surface area (Å²) in [5.41, 5.74) is 9.44. The number of hydrogen-bond acceptors (Lipinski definition) is 3. The third-order valence-corrected chi connectivity index (χ3v) is 3.12. The summed E-state index contributed by atoms with van der Waals surface area (Å²) >= 11 is 0. The Labute approximate surface area is 118 Å². The van der Waals surface area contributed by atoms with Crippen LogP contribution in [0.5, 0.6) is 5.75 Å². The van der Waals surface area contributed by atoms with Crippen molar-refractivity contribution in [1.29, 1.82) is 0 Å². The molecule has 0 saturated heterocycles. The minimum absolute atomic E-state index is 0.0962. The molecule has 0 fully saturated rings. The van der Waals surface area contributed by atoms with E-state index in [9.17, 15) is 0 Å². The topological polar surface area (TPSA) is 67.8 Å². The molecular weight excluding hydrogens is 252 g/mol. The lowest BCUT2D eigenvalue weighted by molar-refractivity contribution is 0.302. The van der Waals surface area contributed by atoms with Crippen molar-refractivity contribution in [3.8, 4) is 5.75 Å². The second-order valence-electron chi connectivity index (χ2n) is 4.70. The minimum atomic E-state index is 0.0962. The molecule has 0 aliphatic carbocycles. The van der Waals surface area contributed by atoms with Crippen LogP contribution in [0, 0.1) is 13.8 Å². The van der Waals surface area contributed by atoms with E-state index in [1.165, 1.54) is 0 Å². The van der Waals surface area contributed by atoms with Crippen LogP contribution >= 0.6 is 0 Å². The number of nitrogens with two attached hydrogens (primary N) is 1. The molecule has 20 heavy (non-hydrogen) atoms. The van der Waals surface area contributed by atoms with Gasteiger partial charge in [-0.25, -0.2) is 0 Å². The fourth-order valence-corrected chi connectivity index (χ4v) is 2.06. The zero-order valence-corrected chi connectivity index (χ0v) is 11.6. The lowest BCUT2D eigenvalue weighted by Crippen LogP contribution is -2.13. The Bertz CT molecular complexity index is 616. The van der Waals surface area contributed by atoms with Crippen molar-refractivity contribution in [2.24, 2.45) is 10.9 Å². The highest BCUT2D eigenvalue weighted by Crippen LogP contribution is 2.23. The Morgan fingerprint density at radius 3 is 2.45 bits per heavy atom. The van der Waals surface area contributed by atoms with Gasteiger partial charge >= 0.3 is 0 Å². The predicted octanol–water partition coefficient (Wildman–Crippen LogP) is 2.98. The first-order chi connectivity index (χ1) is 9.61. The molecule has 0 heterocycles. The van der Waals surface area contributed by atoms with Gasteiger partial charge in [-0.2, -0.15) is 0 Å². The maximum absolute atomic E-state index is 8.69. The summed E-state index contributed by atoms with van der Waals surface area (Å²) in [6.07, 6.45) is 0. The number of amidine groups is 1. The highest BCUT2D eigenvalue weighted by Gasteiger charge is 2.05. The lowest BCUT2D eigenvalue weighted by Gasteiger charge is -2.12. The Kier molecular flexibility index (Phi) is 4.25. The van der Waals surface area contributed by atoms with Crippen LogP contribution in [-0.2, 0) is 6.61 Å². The molecular formula is C16H18N2O2. The van der Waals surface area contributed by atoms with Gasteiger partial charge in [-0.3, -0.25) is 0 Å². The first kappa shape index (κ1) is 13.9. The molecule has 2 rings (SSSR count). The van der Waals surface area contributed by atoms with Gasteiger partial charge in [0.05, 0.1) is 0 Å². The lowest BCUT2D eigenvalue weighted by atomic mass is 10.1. The molecule has 0 bridgehead atoms. The van der Waals surface area contributed by atoms with Crippen molar-refractivity contribution in [3.05, 3.63) is 64.7 Å². The number of oxime groups is 1. The zero-order valence-electron chi connectivity index (χ0n) is 11.6. The molecule has 0 radical (unpaired) electrons. The highest BCUT2D eigenvalue weighted by atomic mass is 16.5. The molecule has 0 aromatic heterocycles. The van der Waals surface area contributed by atoms with Gasteiger partial charge in [0.25, 0.3) is 0 Å². The van der Waals surface area contributed by atoms with E-state index in [0.29, 0.717) is 12.2 Å². The smallest absolute Gasteiger partial charge is 0.170 e. The molecule has 2 aromatic rings. The number of nitrogens with zero attached hydrogens (tertiary/aromatic N) is 1. The van der Waals surface area contributed by atoms with Crippen LogP contribution in [0.3, 0.4) is 0 Å². The van der Waals surface area contributed by atoms with Crippen LogP contribution < -0.4 is 10.5 Å². The number of aryl methyl sites for hydroxylation is 2. The Balaban J connectivity index is 2.15. The van der Waals surface area contributed by atoms with Gasteiger partial charge in [0.1, 0.15) is 12.4 Å². The van der Waals surface area contributed by atoms with Crippen molar-refractivity contribution in [2.45, 2.75) is 20.5 Å². The second kappa shape index (κ2) is 6.10. The third-order valence-electron chi connectivity index (χ3n) is 3.12. The molecule has 0 spiro atoms. The van der Waals surface area contributed by atoms with Crippen LogP contribution in [0.4, 0.5) is 0 Å². The standard InChI is InChI=1S/C16H18N2O2/c1-11-5-3-6-12(2)15(11)20-10-13-7-4-8-14(9-13)16(17)18-19/h3-9,19H,10H2,1-2H3,(H2,17,18). The van der Waals surface area contributed by atoms with E-state index >= 15 is 0 Å². The van der Waals surface area contributed by atoms with Gasteiger partial charge in [0.15, 0.2) is 5.84 Å². The number of hydrogen-bond donors (Lipinski definition) is 2. The summed E-state index contributed by atoms with van der Waals surface area (Å²) in [5.74, 6) is 1.00. The average Bonchev–Trinajstić information content (AvgIpc) is 2.46. The van der Waals surface area contributed by atoms with Crippen molar-refractivity contribution in [2.75, 3.05) is 0 Å². The van der Waals surface area contributed by atoms with E-state index in [0.717, 1.165) is 22.4 Å². The Morgan fingerprint density at radius 1 is 1.15 bits per heavy atom. The first-order valence-corrected chi connectivity index (χ1v) is 6.37. The number of benzene rings is 2. The Morgan fingerprint density at radius 2 is 1.80 bits per heavy atom. The van der Waals surface area contributed by atoms with Crippen LogP contribution in [0.15, 0.2) is 47.6 Å². The fourth-order valence-electron chi connectivity index (χ4n) is 2.06. The van der Waals surface area contributed by atoms with Gasteiger partial charge in [-0.05, 0) is 36.6 Å². The van der Waals surface area contributed by atoms with E-state index < -0.39 is 0 Å². The summed E-state index contributed by atoms with van der Waals surface area (Å²) in [6.45, 7) is 4.49. The van der Waals surface area contributed by atoms with Crippen LogP contribution in [-0.4, -0.2) is 11.0 Å². The third kappa shape index (κ3) is 3.09. The molecule has 0 saturated carbocycles. The summed E-state index contributed by atoms with van der Waals surface area (Å²) < 4.78 is 5.88. The maximum Gasteiger partial charge on any atom is 0.170 e. The summed E-state index contributed by atoms with van der Waals surface area (Å²) in [4.78, 5) is 0. The first-order valence-electron chi connectivity index (χ1n) is 6.37. The van der Waals surface area contributed by atoms with Crippen LogP contribution in [0.1, 0.15) is 22.3 Å². The van der Waals surface area contributed by atoms with Gasteiger partial charge in [-0.15, -0.1) is 0 Å². The average molecular weight is 270 g/mol. The van der Waals surface area contributed by atoms with Gasteiger partial charge in [0.2, 0.25) is 0 Å². The SMILES string of the molecule is Cc1cccc(C)c1OCc1cccc(/C(N)=N/O)c1. The van der Waals surface area contributed by atoms with E-state index in [4.69, 9.17) is 15.7 Å². The molecule has 4 nitrogen and oxygen atoms in total.